The molecule has 0 amide bonds. The predicted molar refractivity (Wildman–Crippen MR) is 26.3 cm³/mol. The number of aliphatic hydroxyl groups excluding tert-OH is 1. The maximum Gasteiger partial charge on any atom is 0.0643 e. The van der Waals surface area contributed by atoms with Gasteiger partial charge in [0, 0.05) is 12.5 Å². The third-order valence-electron chi connectivity index (χ3n) is 0.715. The van der Waals surface area contributed by atoms with Crippen molar-refractivity contribution in [2.45, 2.75) is 6.92 Å². The van der Waals surface area contributed by atoms with E-state index in [9.17, 15) is 0 Å². The van der Waals surface area contributed by atoms with Crippen LogP contribution in [0.5, 0.6) is 0 Å². The summed E-state index contributed by atoms with van der Waals surface area (Å²) in [6.07, 6.45) is 0. The smallest absolute Gasteiger partial charge is 0.0643 e. The molecule has 0 saturated carbocycles. The monoisotopic (exact) mass is 102 g/mol. The van der Waals surface area contributed by atoms with Crippen LogP contribution in [-0.2, 0) is 0 Å². The molecule has 0 bridgehead atoms. The molecular weight excluding hydrogens is 92.1 g/mol. The van der Waals surface area contributed by atoms with Gasteiger partial charge in [0.25, 0.3) is 0 Å². The maximum atomic E-state index is 8.32. The van der Waals surface area contributed by atoms with Crippen LogP contribution in [0.2, 0.25) is 0 Å². The first kappa shape index (κ1) is 6.56. The molecule has 42 valence electrons. The Labute approximate surface area is 42.9 Å². The summed E-state index contributed by atoms with van der Waals surface area (Å²) in [6, 6.07) is 0. The second-order valence-corrected chi connectivity index (χ2v) is 1.63. The molecule has 0 aliphatic carbocycles. The molecule has 0 saturated heterocycles. The van der Waals surface area contributed by atoms with Gasteiger partial charge in [0.1, 0.15) is 0 Å². The van der Waals surface area contributed by atoms with Crippen molar-refractivity contribution in [3.63, 3.8) is 0 Å². The van der Waals surface area contributed by atoms with Crippen LogP contribution in [0.4, 0.5) is 0 Å². The van der Waals surface area contributed by atoms with E-state index < -0.39 is 0 Å². The molecule has 3 heteroatoms. The first-order chi connectivity index (χ1) is 3.31. The average Bonchev–Trinajstić information content (AvgIpc) is 1.68. The molecule has 3 nitrogen and oxygen atoms in total. The fraction of sp³-hybridized carbons (Fsp3) is 1.00. The van der Waals surface area contributed by atoms with E-state index in [-0.39, 0.29) is 12.5 Å². The average molecular weight is 102 g/mol. The Balaban J connectivity index is 2.98. The summed E-state index contributed by atoms with van der Waals surface area (Å²) in [5.74, 6) is 0.150. The summed E-state index contributed by atoms with van der Waals surface area (Å²) >= 11 is 0. The molecule has 0 heterocycles. The van der Waals surface area contributed by atoms with E-state index in [4.69, 9.17) is 10.6 Å². The summed E-state index contributed by atoms with van der Waals surface area (Å²) in [6.45, 7) is 2.41. The summed E-state index contributed by atoms with van der Waals surface area (Å²) < 4.78 is 0. The Hall–Kier alpha value is -0.440. The van der Waals surface area contributed by atoms with Crippen LogP contribution in [0.3, 0.4) is 0 Å². The lowest BCUT2D eigenvalue weighted by molar-refractivity contribution is 0.240. The van der Waals surface area contributed by atoms with Gasteiger partial charge in [-0.15, -0.1) is 0 Å². The zero-order valence-electron chi connectivity index (χ0n) is 4.39. The third kappa shape index (κ3) is 3.39. The van der Waals surface area contributed by atoms with Gasteiger partial charge < -0.3 is 5.11 Å². The van der Waals surface area contributed by atoms with Crippen LogP contribution < -0.4 is 0 Å². The molecule has 0 spiro atoms. The molecular formula is C4H10N2O. The Morgan fingerprint density at radius 3 is 2.57 bits per heavy atom. The minimum atomic E-state index is 0.127. The lowest BCUT2D eigenvalue weighted by Crippen LogP contribution is -2.02. The van der Waals surface area contributed by atoms with Gasteiger partial charge in [-0.1, -0.05) is 6.92 Å². The highest BCUT2D eigenvalue weighted by Crippen LogP contribution is 1.90. The largest absolute Gasteiger partial charge is 0.396 e. The highest BCUT2D eigenvalue weighted by molar-refractivity contribution is 4.48. The molecule has 0 rings (SSSR count). The summed E-state index contributed by atoms with van der Waals surface area (Å²) in [7, 11) is 0. The van der Waals surface area contributed by atoms with Crippen LogP contribution in [0.25, 0.3) is 0 Å². The fourth-order valence-electron chi connectivity index (χ4n) is 0.214. The van der Waals surface area contributed by atoms with Gasteiger partial charge in [-0.05, 0) is 0 Å². The van der Waals surface area contributed by atoms with Crippen molar-refractivity contribution in [3.05, 3.63) is 0 Å². The molecule has 1 atom stereocenters. The van der Waals surface area contributed by atoms with Crippen LogP contribution in [-0.4, -0.2) is 18.3 Å². The van der Waals surface area contributed by atoms with Crippen molar-refractivity contribution in [2.24, 2.45) is 11.0 Å². The second kappa shape index (κ2) is 3.74. The van der Waals surface area contributed by atoms with E-state index in [1.54, 1.807) is 0 Å². The highest BCUT2D eigenvalue weighted by Gasteiger charge is 1.94. The van der Waals surface area contributed by atoms with Gasteiger partial charge in [-0.2, -0.15) is 5.11 Å². The Morgan fingerprint density at radius 1 is 1.86 bits per heavy atom. The minimum absolute atomic E-state index is 0.127. The van der Waals surface area contributed by atoms with Crippen molar-refractivity contribution < 1.29 is 5.11 Å². The first-order valence-corrected chi connectivity index (χ1v) is 2.25. The van der Waals surface area contributed by atoms with Gasteiger partial charge in [-0.3, -0.25) is 0 Å². The van der Waals surface area contributed by atoms with Crippen LogP contribution in [0, 0.1) is 11.4 Å². The Bertz CT molecular complexity index is 55.7. The lowest BCUT2D eigenvalue weighted by atomic mass is 10.2. The van der Waals surface area contributed by atoms with Crippen LogP contribution in [0.15, 0.2) is 5.11 Å². The van der Waals surface area contributed by atoms with Gasteiger partial charge in [0.05, 0.1) is 6.54 Å². The molecule has 0 aliphatic heterocycles. The van der Waals surface area contributed by atoms with Gasteiger partial charge >= 0.3 is 0 Å². The SMILES string of the molecule is CC(CO)CN=N. The predicted octanol–water partition coefficient (Wildman–Crippen LogP) is 0.646. The van der Waals surface area contributed by atoms with Gasteiger partial charge in [0.15, 0.2) is 0 Å². The normalized spacial score (nSPS) is 13.4. The molecule has 0 radical (unpaired) electrons. The highest BCUT2D eigenvalue weighted by atomic mass is 16.3. The number of nitrogens with zero attached hydrogens (tertiary/aromatic N) is 1. The zero-order valence-corrected chi connectivity index (χ0v) is 4.39. The molecule has 2 N–H and O–H groups in total. The standard InChI is InChI=1S/C4H10N2O/c1-4(3-7)2-6-5/h4-5,7H,2-3H2,1H3. The molecule has 0 fully saturated rings. The van der Waals surface area contributed by atoms with E-state index >= 15 is 0 Å². The summed E-state index contributed by atoms with van der Waals surface area (Å²) in [5.41, 5.74) is 6.35. The van der Waals surface area contributed by atoms with Crippen molar-refractivity contribution in [2.75, 3.05) is 13.2 Å². The van der Waals surface area contributed by atoms with Crippen LogP contribution in [0.1, 0.15) is 6.92 Å². The quantitative estimate of drug-likeness (QED) is 0.505. The van der Waals surface area contributed by atoms with Gasteiger partial charge in [-0.25, -0.2) is 5.53 Å². The maximum absolute atomic E-state index is 8.32. The first-order valence-electron chi connectivity index (χ1n) is 2.25. The minimum Gasteiger partial charge on any atom is -0.396 e. The molecule has 7 heavy (non-hydrogen) atoms. The van der Waals surface area contributed by atoms with Crippen molar-refractivity contribution in [1.82, 2.24) is 0 Å². The molecule has 1 unspecified atom stereocenters. The zero-order chi connectivity index (χ0) is 5.70. The van der Waals surface area contributed by atoms with E-state index in [0.717, 1.165) is 0 Å². The summed E-state index contributed by atoms with van der Waals surface area (Å²) in [5, 5.41) is 11.4. The van der Waals surface area contributed by atoms with Crippen molar-refractivity contribution in [3.8, 4) is 0 Å². The van der Waals surface area contributed by atoms with E-state index in [2.05, 4.69) is 5.11 Å². The molecule has 0 aromatic rings. The van der Waals surface area contributed by atoms with Gasteiger partial charge in [0.2, 0.25) is 0 Å². The number of nitrogens with one attached hydrogen (secondary N) is 1. The van der Waals surface area contributed by atoms with Crippen molar-refractivity contribution >= 4 is 0 Å². The second-order valence-electron chi connectivity index (χ2n) is 1.63. The number of rotatable bonds is 3. The van der Waals surface area contributed by atoms with E-state index in [1.165, 1.54) is 0 Å². The lowest BCUT2D eigenvalue weighted by Gasteiger charge is -1.97. The third-order valence-corrected chi connectivity index (χ3v) is 0.715. The van der Waals surface area contributed by atoms with E-state index in [1.807, 2.05) is 6.92 Å². The number of hydrogen-bond donors (Lipinski definition) is 2. The topological polar surface area (TPSA) is 56.4 Å². The molecule has 0 aliphatic rings. The number of aliphatic hydroxyl groups is 1. The fourth-order valence-corrected chi connectivity index (χ4v) is 0.214. The Morgan fingerprint density at radius 2 is 2.43 bits per heavy atom. The van der Waals surface area contributed by atoms with Crippen LogP contribution >= 0.6 is 0 Å². The molecule has 0 aromatic carbocycles. The number of hydrogen-bond acceptors (Lipinski definition) is 3. The van der Waals surface area contributed by atoms with E-state index in [0.29, 0.717) is 6.54 Å². The molecule has 0 aromatic heterocycles. The van der Waals surface area contributed by atoms with Crippen molar-refractivity contribution in [1.29, 1.82) is 5.53 Å². The summed E-state index contributed by atoms with van der Waals surface area (Å²) in [4.78, 5) is 0. The Kier molecular flexibility index (Phi) is 3.50.